The van der Waals surface area contributed by atoms with Crippen molar-refractivity contribution < 1.29 is 4.52 Å². The van der Waals surface area contributed by atoms with E-state index in [0.717, 1.165) is 36.9 Å². The molecule has 0 radical (unpaired) electrons. The third kappa shape index (κ3) is 1.43. The molecule has 3 heteroatoms. The summed E-state index contributed by atoms with van der Waals surface area (Å²) in [4.78, 5) is 0. The van der Waals surface area contributed by atoms with Gasteiger partial charge in [-0.05, 0) is 25.9 Å². The fraction of sp³-hybridized carbons (Fsp3) is 0.625. The number of aryl methyl sites for hydroxylation is 1. The van der Waals surface area contributed by atoms with Gasteiger partial charge < -0.3 is 9.84 Å². The van der Waals surface area contributed by atoms with Crippen LogP contribution in [0.1, 0.15) is 11.5 Å². The van der Waals surface area contributed by atoms with Crippen LogP contribution < -0.4 is 5.32 Å². The Morgan fingerprint density at radius 3 is 3.00 bits per heavy atom. The standard InChI is InChI=1S/C8H12N2O/c1-6-2-8(11-10-6)3-7-4-9-5-7/h2,7,9H,3-5H2,1H3. The average Bonchev–Trinajstić information content (AvgIpc) is 2.27. The summed E-state index contributed by atoms with van der Waals surface area (Å²) in [5.74, 6) is 1.79. The molecule has 1 aromatic heterocycles. The minimum Gasteiger partial charge on any atom is -0.361 e. The summed E-state index contributed by atoms with van der Waals surface area (Å²) < 4.78 is 5.09. The Morgan fingerprint density at radius 1 is 1.73 bits per heavy atom. The molecule has 0 unspecified atom stereocenters. The highest BCUT2D eigenvalue weighted by Gasteiger charge is 2.18. The van der Waals surface area contributed by atoms with Gasteiger partial charge in [-0.1, -0.05) is 5.16 Å². The number of hydrogen-bond donors (Lipinski definition) is 1. The molecule has 0 bridgehead atoms. The summed E-state index contributed by atoms with van der Waals surface area (Å²) in [5, 5.41) is 7.06. The fourth-order valence-electron chi connectivity index (χ4n) is 1.29. The Balaban J connectivity index is 1.95. The van der Waals surface area contributed by atoms with Gasteiger partial charge in [-0.25, -0.2) is 0 Å². The largest absolute Gasteiger partial charge is 0.361 e. The lowest BCUT2D eigenvalue weighted by Crippen LogP contribution is -2.42. The lowest BCUT2D eigenvalue weighted by atomic mass is 9.98. The zero-order valence-corrected chi connectivity index (χ0v) is 6.63. The maximum atomic E-state index is 5.09. The van der Waals surface area contributed by atoms with Crippen molar-refractivity contribution in [3.05, 3.63) is 17.5 Å². The molecule has 2 heterocycles. The van der Waals surface area contributed by atoms with Gasteiger partial charge in [0, 0.05) is 12.5 Å². The Hall–Kier alpha value is -0.830. The fourth-order valence-corrected chi connectivity index (χ4v) is 1.29. The van der Waals surface area contributed by atoms with Gasteiger partial charge in [0.05, 0.1) is 5.69 Å². The van der Waals surface area contributed by atoms with E-state index < -0.39 is 0 Å². The second-order valence-corrected chi connectivity index (χ2v) is 3.16. The maximum absolute atomic E-state index is 5.09. The van der Waals surface area contributed by atoms with E-state index in [9.17, 15) is 0 Å². The van der Waals surface area contributed by atoms with Gasteiger partial charge in [-0.15, -0.1) is 0 Å². The van der Waals surface area contributed by atoms with Crippen LogP contribution in [0.3, 0.4) is 0 Å². The first-order valence-electron chi connectivity index (χ1n) is 3.97. The highest BCUT2D eigenvalue weighted by atomic mass is 16.5. The Morgan fingerprint density at radius 2 is 2.55 bits per heavy atom. The number of nitrogens with zero attached hydrogens (tertiary/aromatic N) is 1. The molecule has 1 N–H and O–H groups in total. The highest BCUT2D eigenvalue weighted by molar-refractivity contribution is 5.04. The van der Waals surface area contributed by atoms with Gasteiger partial charge >= 0.3 is 0 Å². The SMILES string of the molecule is Cc1cc(CC2CNC2)on1. The second-order valence-electron chi connectivity index (χ2n) is 3.16. The van der Waals surface area contributed by atoms with Gasteiger partial charge in [0.1, 0.15) is 5.76 Å². The summed E-state index contributed by atoms with van der Waals surface area (Å²) in [5.41, 5.74) is 0.979. The van der Waals surface area contributed by atoms with Gasteiger partial charge in [-0.2, -0.15) is 0 Å². The molecule has 1 saturated heterocycles. The van der Waals surface area contributed by atoms with Gasteiger partial charge in [-0.3, -0.25) is 0 Å². The van der Waals surface area contributed by atoms with Crippen LogP contribution >= 0.6 is 0 Å². The van der Waals surface area contributed by atoms with Crippen molar-refractivity contribution in [3.8, 4) is 0 Å². The first kappa shape index (κ1) is 6.85. The van der Waals surface area contributed by atoms with E-state index in [4.69, 9.17) is 4.52 Å². The zero-order chi connectivity index (χ0) is 7.68. The number of hydrogen-bond acceptors (Lipinski definition) is 3. The molecule has 60 valence electrons. The van der Waals surface area contributed by atoms with Gasteiger partial charge in [0.2, 0.25) is 0 Å². The van der Waals surface area contributed by atoms with E-state index in [1.807, 2.05) is 13.0 Å². The van der Waals surface area contributed by atoms with Crippen molar-refractivity contribution in [2.24, 2.45) is 5.92 Å². The van der Waals surface area contributed by atoms with Crippen LogP contribution in [0.5, 0.6) is 0 Å². The molecule has 3 nitrogen and oxygen atoms in total. The van der Waals surface area contributed by atoms with Crippen molar-refractivity contribution in [3.63, 3.8) is 0 Å². The molecule has 1 aliphatic rings. The molecule has 11 heavy (non-hydrogen) atoms. The molecule has 1 aromatic rings. The van der Waals surface area contributed by atoms with Crippen molar-refractivity contribution in [1.29, 1.82) is 0 Å². The topological polar surface area (TPSA) is 38.1 Å². The van der Waals surface area contributed by atoms with E-state index in [1.165, 1.54) is 0 Å². The van der Waals surface area contributed by atoms with Crippen LogP contribution in [0.4, 0.5) is 0 Å². The molecule has 1 fully saturated rings. The first-order valence-corrected chi connectivity index (χ1v) is 3.97. The minimum atomic E-state index is 0.766. The number of rotatable bonds is 2. The smallest absolute Gasteiger partial charge is 0.137 e. The van der Waals surface area contributed by atoms with Crippen LogP contribution in [-0.4, -0.2) is 18.2 Å². The quantitative estimate of drug-likeness (QED) is 0.679. The van der Waals surface area contributed by atoms with Crippen LogP contribution in [0, 0.1) is 12.8 Å². The van der Waals surface area contributed by atoms with Crippen LogP contribution in [0.2, 0.25) is 0 Å². The Bertz CT molecular complexity index is 240. The summed E-state index contributed by atoms with van der Waals surface area (Å²) in [6.07, 6.45) is 1.04. The Labute approximate surface area is 65.8 Å². The zero-order valence-electron chi connectivity index (χ0n) is 6.63. The third-order valence-corrected chi connectivity index (χ3v) is 2.03. The summed E-state index contributed by atoms with van der Waals surface area (Å²) >= 11 is 0. The summed E-state index contributed by atoms with van der Waals surface area (Å²) in [7, 11) is 0. The first-order chi connectivity index (χ1) is 5.34. The van der Waals surface area contributed by atoms with Crippen molar-refractivity contribution in [1.82, 2.24) is 10.5 Å². The van der Waals surface area contributed by atoms with Crippen LogP contribution in [-0.2, 0) is 6.42 Å². The van der Waals surface area contributed by atoms with E-state index in [2.05, 4.69) is 10.5 Å². The molecule has 0 atom stereocenters. The third-order valence-electron chi connectivity index (χ3n) is 2.03. The highest BCUT2D eigenvalue weighted by Crippen LogP contribution is 2.12. The van der Waals surface area contributed by atoms with Gasteiger partial charge in [0.15, 0.2) is 0 Å². The molecular weight excluding hydrogens is 140 g/mol. The van der Waals surface area contributed by atoms with Crippen molar-refractivity contribution in [2.75, 3.05) is 13.1 Å². The predicted octanol–water partition coefficient (Wildman–Crippen LogP) is 0.745. The Kier molecular flexibility index (Phi) is 1.66. The maximum Gasteiger partial charge on any atom is 0.137 e. The second kappa shape index (κ2) is 2.66. The molecule has 0 saturated carbocycles. The molecule has 1 aliphatic heterocycles. The lowest BCUT2D eigenvalue weighted by Gasteiger charge is -2.25. The molecule has 0 amide bonds. The average molecular weight is 152 g/mol. The van der Waals surface area contributed by atoms with E-state index in [1.54, 1.807) is 0 Å². The number of aromatic nitrogens is 1. The normalized spacial score (nSPS) is 18.3. The van der Waals surface area contributed by atoms with Crippen molar-refractivity contribution in [2.45, 2.75) is 13.3 Å². The minimum absolute atomic E-state index is 0.766. The predicted molar refractivity (Wildman–Crippen MR) is 41.3 cm³/mol. The molecular formula is C8H12N2O. The summed E-state index contributed by atoms with van der Waals surface area (Å²) in [6.45, 7) is 4.20. The van der Waals surface area contributed by atoms with Crippen LogP contribution in [0.25, 0.3) is 0 Å². The molecule has 0 aromatic carbocycles. The lowest BCUT2D eigenvalue weighted by molar-refractivity contribution is 0.300. The molecule has 2 rings (SSSR count). The number of nitrogens with one attached hydrogen (secondary N) is 1. The summed E-state index contributed by atoms with van der Waals surface area (Å²) in [6, 6.07) is 2.01. The molecule has 0 spiro atoms. The van der Waals surface area contributed by atoms with E-state index in [-0.39, 0.29) is 0 Å². The van der Waals surface area contributed by atoms with Gasteiger partial charge in [0.25, 0.3) is 0 Å². The van der Waals surface area contributed by atoms with E-state index >= 15 is 0 Å². The van der Waals surface area contributed by atoms with Crippen molar-refractivity contribution >= 4 is 0 Å². The monoisotopic (exact) mass is 152 g/mol. The molecule has 0 aliphatic carbocycles. The van der Waals surface area contributed by atoms with E-state index in [0.29, 0.717) is 0 Å². The van der Waals surface area contributed by atoms with Crippen LogP contribution in [0.15, 0.2) is 10.6 Å².